The summed E-state index contributed by atoms with van der Waals surface area (Å²) in [6, 6.07) is 5.49. The summed E-state index contributed by atoms with van der Waals surface area (Å²) in [5.74, 6) is -0.315. The van der Waals surface area contributed by atoms with Crippen molar-refractivity contribution in [2.75, 3.05) is 44.9 Å². The van der Waals surface area contributed by atoms with Crippen LogP contribution >= 0.6 is 0 Å². The molecule has 6 nitrogen and oxygen atoms in total. The number of ether oxygens (including phenoxy) is 2. The lowest BCUT2D eigenvalue weighted by Crippen LogP contribution is -2.37. The van der Waals surface area contributed by atoms with Gasteiger partial charge in [0.1, 0.15) is 7.11 Å². The van der Waals surface area contributed by atoms with E-state index in [2.05, 4.69) is 10.1 Å². The van der Waals surface area contributed by atoms with Crippen molar-refractivity contribution in [3.63, 3.8) is 0 Å². The van der Waals surface area contributed by atoms with Crippen LogP contribution in [-0.4, -0.2) is 51.7 Å². The summed E-state index contributed by atoms with van der Waals surface area (Å²) in [6.45, 7) is 6.93. The van der Waals surface area contributed by atoms with Gasteiger partial charge in [0.2, 0.25) is 0 Å². The molecule has 0 atom stereocenters. The molecule has 0 amide bonds. The minimum Gasteiger partial charge on any atom is -0.462 e. The van der Waals surface area contributed by atoms with Gasteiger partial charge in [-0.15, -0.1) is 0 Å². The molecule has 1 aliphatic rings. The lowest BCUT2D eigenvalue weighted by molar-refractivity contribution is 0.0526. The van der Waals surface area contributed by atoms with Gasteiger partial charge in [-0.2, -0.15) is 0 Å². The molecule has 1 aromatic carbocycles. The minimum absolute atomic E-state index is 0.315. The van der Waals surface area contributed by atoms with Gasteiger partial charge in [-0.05, 0) is 26.0 Å². The maximum absolute atomic E-state index is 12.0. The van der Waals surface area contributed by atoms with E-state index in [1.54, 1.807) is 13.0 Å². The molecule has 0 unspecified atom stereocenters. The number of hydrogen-bond donors (Lipinski definition) is 0. The molecule has 0 spiro atoms. The highest BCUT2D eigenvalue weighted by molar-refractivity contribution is 6.04. The van der Waals surface area contributed by atoms with Gasteiger partial charge in [-0.3, -0.25) is 0 Å². The zero-order valence-electron chi connectivity index (χ0n) is 13.3. The van der Waals surface area contributed by atoms with E-state index in [9.17, 15) is 4.79 Å². The average Bonchev–Trinajstić information content (AvgIpc) is 2.55. The normalized spacial score (nSPS) is 15.6. The lowest BCUT2D eigenvalue weighted by atomic mass is 10.0. The van der Waals surface area contributed by atoms with Gasteiger partial charge in [0, 0.05) is 24.3 Å². The van der Waals surface area contributed by atoms with Gasteiger partial charge in [0.25, 0.3) is 0 Å². The van der Waals surface area contributed by atoms with E-state index in [-0.39, 0.29) is 5.97 Å². The molecule has 0 radical (unpaired) electrons. The predicted molar refractivity (Wildman–Crippen MR) is 84.7 cm³/mol. The third-order valence-electron chi connectivity index (χ3n) is 3.48. The quantitative estimate of drug-likeness (QED) is 0.473. The van der Waals surface area contributed by atoms with Gasteiger partial charge in [-0.1, -0.05) is 11.2 Å². The summed E-state index contributed by atoms with van der Waals surface area (Å²) in [6.07, 6.45) is 0. The Kier molecular flexibility index (Phi) is 5.77. The Labute approximate surface area is 130 Å². The summed E-state index contributed by atoms with van der Waals surface area (Å²) in [5, 5.41) is 4.00. The van der Waals surface area contributed by atoms with Crippen LogP contribution in [0.1, 0.15) is 29.8 Å². The van der Waals surface area contributed by atoms with Gasteiger partial charge in [0.15, 0.2) is 0 Å². The molecule has 0 aliphatic carbocycles. The number of carbonyl (C=O) groups excluding carboxylic acids is 1. The van der Waals surface area contributed by atoms with Gasteiger partial charge in [-0.25, -0.2) is 4.79 Å². The fraction of sp³-hybridized carbons (Fsp3) is 0.500. The highest BCUT2D eigenvalue weighted by Gasteiger charge is 2.19. The van der Waals surface area contributed by atoms with Crippen LogP contribution in [0.3, 0.4) is 0 Å². The summed E-state index contributed by atoms with van der Waals surface area (Å²) in [7, 11) is 1.52. The number of anilines is 1. The number of rotatable bonds is 5. The SMILES string of the molecule is CCOC(=O)c1ccc(/C(C)=N/OC)c(N2CCOCC2)c1. The fourth-order valence-electron chi connectivity index (χ4n) is 2.43. The molecule has 22 heavy (non-hydrogen) atoms. The van der Waals surface area contributed by atoms with E-state index in [0.29, 0.717) is 25.4 Å². The summed E-state index contributed by atoms with van der Waals surface area (Å²) in [4.78, 5) is 19.0. The highest BCUT2D eigenvalue weighted by atomic mass is 16.6. The maximum atomic E-state index is 12.0. The van der Waals surface area contributed by atoms with Crippen LogP contribution in [-0.2, 0) is 14.3 Å². The fourth-order valence-corrected chi connectivity index (χ4v) is 2.43. The first kappa shape index (κ1) is 16.3. The van der Waals surface area contributed by atoms with Crippen LogP contribution in [0.5, 0.6) is 0 Å². The van der Waals surface area contributed by atoms with E-state index >= 15 is 0 Å². The summed E-state index contributed by atoms with van der Waals surface area (Å²) in [5.41, 5.74) is 3.20. The zero-order chi connectivity index (χ0) is 15.9. The van der Waals surface area contributed by atoms with Gasteiger partial charge in [0.05, 0.1) is 31.1 Å². The molecular weight excluding hydrogens is 284 g/mol. The Morgan fingerprint density at radius 2 is 2.09 bits per heavy atom. The molecule has 0 N–H and O–H groups in total. The van der Waals surface area contributed by atoms with Crippen molar-refractivity contribution in [1.29, 1.82) is 0 Å². The van der Waals surface area contributed by atoms with E-state index in [4.69, 9.17) is 14.3 Å². The third-order valence-corrected chi connectivity index (χ3v) is 3.48. The molecule has 1 fully saturated rings. The molecule has 0 aromatic heterocycles. The Morgan fingerprint density at radius 1 is 1.36 bits per heavy atom. The number of nitrogens with zero attached hydrogens (tertiary/aromatic N) is 2. The Balaban J connectivity index is 2.40. The number of hydrogen-bond acceptors (Lipinski definition) is 6. The van der Waals surface area contributed by atoms with Crippen molar-refractivity contribution in [2.24, 2.45) is 5.16 Å². The number of morpholine rings is 1. The van der Waals surface area contributed by atoms with E-state index in [1.165, 1.54) is 7.11 Å². The topological polar surface area (TPSA) is 60.4 Å². The molecule has 2 rings (SSSR count). The van der Waals surface area contributed by atoms with Gasteiger partial charge < -0.3 is 19.2 Å². The standard InChI is InChI=1S/C16H22N2O4/c1-4-22-16(19)13-5-6-14(12(2)17-20-3)15(11-13)18-7-9-21-10-8-18/h5-6,11H,4,7-10H2,1-3H3/b17-12+. The second kappa shape index (κ2) is 7.79. The number of oxime groups is 1. The maximum Gasteiger partial charge on any atom is 0.338 e. The second-order valence-electron chi connectivity index (χ2n) is 4.91. The summed E-state index contributed by atoms with van der Waals surface area (Å²) < 4.78 is 10.5. The predicted octanol–water partition coefficient (Wildman–Crippen LogP) is 2.07. The van der Waals surface area contributed by atoms with Crippen LogP contribution in [0.25, 0.3) is 0 Å². The van der Waals surface area contributed by atoms with Crippen molar-refractivity contribution < 1.29 is 19.1 Å². The number of esters is 1. The first-order valence-corrected chi connectivity index (χ1v) is 7.39. The second-order valence-corrected chi connectivity index (χ2v) is 4.91. The molecule has 120 valence electrons. The Morgan fingerprint density at radius 3 is 2.73 bits per heavy atom. The van der Waals surface area contributed by atoms with E-state index in [1.807, 2.05) is 19.1 Å². The van der Waals surface area contributed by atoms with Crippen LogP contribution in [0, 0.1) is 0 Å². The van der Waals surface area contributed by atoms with Crippen molar-refractivity contribution in [3.05, 3.63) is 29.3 Å². The molecule has 6 heteroatoms. The zero-order valence-corrected chi connectivity index (χ0v) is 13.3. The molecule has 0 saturated carbocycles. The van der Waals surface area contributed by atoms with Crippen molar-refractivity contribution >= 4 is 17.4 Å². The average molecular weight is 306 g/mol. The largest absolute Gasteiger partial charge is 0.462 e. The van der Waals surface area contributed by atoms with Crippen molar-refractivity contribution in [2.45, 2.75) is 13.8 Å². The van der Waals surface area contributed by atoms with E-state index in [0.717, 1.165) is 30.1 Å². The highest BCUT2D eigenvalue weighted by Crippen LogP contribution is 2.25. The van der Waals surface area contributed by atoms with Crippen LogP contribution < -0.4 is 4.90 Å². The number of benzene rings is 1. The smallest absolute Gasteiger partial charge is 0.338 e. The first-order chi connectivity index (χ1) is 10.7. The van der Waals surface area contributed by atoms with Crippen molar-refractivity contribution in [3.8, 4) is 0 Å². The third kappa shape index (κ3) is 3.76. The van der Waals surface area contributed by atoms with Crippen LogP contribution in [0.15, 0.2) is 23.4 Å². The molecular formula is C16H22N2O4. The van der Waals surface area contributed by atoms with Crippen LogP contribution in [0.2, 0.25) is 0 Å². The number of carbonyl (C=O) groups is 1. The summed E-state index contributed by atoms with van der Waals surface area (Å²) >= 11 is 0. The molecule has 1 aliphatic heterocycles. The Bertz CT molecular complexity index is 551. The van der Waals surface area contributed by atoms with Gasteiger partial charge >= 0.3 is 5.97 Å². The lowest BCUT2D eigenvalue weighted by Gasteiger charge is -2.30. The molecule has 1 aromatic rings. The first-order valence-electron chi connectivity index (χ1n) is 7.39. The molecule has 1 heterocycles. The van der Waals surface area contributed by atoms with Crippen molar-refractivity contribution in [1.82, 2.24) is 0 Å². The molecule has 0 bridgehead atoms. The van der Waals surface area contributed by atoms with E-state index < -0.39 is 0 Å². The Hall–Kier alpha value is -2.08. The minimum atomic E-state index is -0.315. The van der Waals surface area contributed by atoms with Crippen LogP contribution in [0.4, 0.5) is 5.69 Å². The monoisotopic (exact) mass is 306 g/mol. The molecule has 1 saturated heterocycles.